The molecular formula is C13H18BrClFN. The van der Waals surface area contributed by atoms with Gasteiger partial charge in [-0.05, 0) is 36.1 Å². The number of halogens is 3. The smallest absolute Gasteiger partial charge is 0.124 e. The van der Waals surface area contributed by atoms with Crippen molar-refractivity contribution in [2.45, 2.75) is 32.9 Å². The maximum Gasteiger partial charge on any atom is 0.124 e. The van der Waals surface area contributed by atoms with E-state index in [-0.39, 0.29) is 5.82 Å². The molecule has 96 valence electrons. The van der Waals surface area contributed by atoms with Gasteiger partial charge in [-0.15, -0.1) is 11.6 Å². The minimum absolute atomic E-state index is 0.213. The van der Waals surface area contributed by atoms with Crippen LogP contribution in [0.1, 0.15) is 25.8 Å². The Morgan fingerprint density at radius 3 is 2.59 bits per heavy atom. The molecule has 4 heteroatoms. The van der Waals surface area contributed by atoms with Crippen molar-refractivity contribution in [1.29, 1.82) is 0 Å². The first-order valence-corrected chi connectivity index (χ1v) is 7.10. The highest BCUT2D eigenvalue weighted by Crippen LogP contribution is 2.15. The number of benzene rings is 1. The Balaban J connectivity index is 2.58. The molecule has 0 saturated heterocycles. The zero-order valence-corrected chi connectivity index (χ0v) is 12.5. The summed E-state index contributed by atoms with van der Waals surface area (Å²) in [7, 11) is 0. The summed E-state index contributed by atoms with van der Waals surface area (Å²) < 4.78 is 14.0. The normalized spacial score (nSPS) is 13.1. The van der Waals surface area contributed by atoms with Gasteiger partial charge in [-0.25, -0.2) is 4.39 Å². The lowest BCUT2D eigenvalue weighted by atomic mass is 10.0. The molecule has 1 N–H and O–H groups in total. The second kappa shape index (κ2) is 7.34. The van der Waals surface area contributed by atoms with Crippen molar-refractivity contribution in [2.75, 3.05) is 5.88 Å². The van der Waals surface area contributed by atoms with E-state index in [4.69, 9.17) is 11.6 Å². The van der Waals surface area contributed by atoms with Gasteiger partial charge in [-0.3, -0.25) is 0 Å². The third-order valence-corrected chi connectivity index (χ3v) is 3.39. The van der Waals surface area contributed by atoms with E-state index >= 15 is 0 Å². The van der Waals surface area contributed by atoms with Crippen molar-refractivity contribution in [2.24, 2.45) is 5.92 Å². The molecule has 17 heavy (non-hydrogen) atoms. The molecule has 1 rings (SSSR count). The van der Waals surface area contributed by atoms with Gasteiger partial charge in [0.15, 0.2) is 0 Å². The molecule has 0 saturated carbocycles. The Labute approximate surface area is 116 Å². The molecule has 0 aliphatic rings. The van der Waals surface area contributed by atoms with Crippen molar-refractivity contribution >= 4 is 27.5 Å². The van der Waals surface area contributed by atoms with Gasteiger partial charge >= 0.3 is 0 Å². The van der Waals surface area contributed by atoms with Gasteiger partial charge in [-0.1, -0.05) is 29.8 Å². The molecule has 0 radical (unpaired) electrons. The largest absolute Gasteiger partial charge is 0.310 e. The van der Waals surface area contributed by atoms with Crippen LogP contribution in [0.4, 0.5) is 4.39 Å². The first-order chi connectivity index (χ1) is 8.02. The van der Waals surface area contributed by atoms with Crippen LogP contribution in [0.3, 0.4) is 0 Å². The van der Waals surface area contributed by atoms with Crippen molar-refractivity contribution in [1.82, 2.24) is 5.32 Å². The van der Waals surface area contributed by atoms with E-state index in [1.54, 1.807) is 6.07 Å². The Hall–Kier alpha value is -0.120. The Bertz CT molecular complexity index is 337. The van der Waals surface area contributed by atoms with E-state index in [0.717, 1.165) is 16.5 Å². The molecule has 1 aromatic rings. The molecule has 1 atom stereocenters. The molecule has 1 nitrogen and oxygen atoms in total. The molecule has 0 amide bonds. The monoisotopic (exact) mass is 321 g/mol. The highest BCUT2D eigenvalue weighted by Gasteiger charge is 2.12. The molecule has 0 aromatic heterocycles. The van der Waals surface area contributed by atoms with E-state index < -0.39 is 0 Å². The summed E-state index contributed by atoms with van der Waals surface area (Å²) in [6, 6.07) is 5.31. The number of hydrogen-bond donors (Lipinski definition) is 1. The van der Waals surface area contributed by atoms with E-state index in [9.17, 15) is 4.39 Å². The SMILES string of the molecule is CC(C)C(CCCl)NCc1cc(F)cc(Br)c1. The first kappa shape index (κ1) is 14.9. The van der Waals surface area contributed by atoms with Crippen LogP contribution in [0.2, 0.25) is 0 Å². The van der Waals surface area contributed by atoms with Crippen molar-refractivity contribution in [3.05, 3.63) is 34.1 Å². The highest BCUT2D eigenvalue weighted by molar-refractivity contribution is 9.10. The molecule has 1 aromatic carbocycles. The maximum atomic E-state index is 13.2. The number of hydrogen-bond acceptors (Lipinski definition) is 1. The summed E-state index contributed by atoms with van der Waals surface area (Å²) >= 11 is 9.06. The summed E-state index contributed by atoms with van der Waals surface area (Å²) in [5.41, 5.74) is 0.942. The van der Waals surface area contributed by atoms with Crippen LogP contribution in [0.15, 0.2) is 22.7 Å². The molecule has 0 heterocycles. The van der Waals surface area contributed by atoms with Crippen LogP contribution < -0.4 is 5.32 Å². The third-order valence-electron chi connectivity index (χ3n) is 2.72. The summed E-state index contributed by atoms with van der Waals surface area (Å²) in [5.74, 6) is 0.947. The topological polar surface area (TPSA) is 12.0 Å². The van der Waals surface area contributed by atoms with Crippen LogP contribution in [-0.2, 0) is 6.54 Å². The van der Waals surface area contributed by atoms with Crippen molar-refractivity contribution in [3.8, 4) is 0 Å². The fourth-order valence-corrected chi connectivity index (χ4v) is 2.50. The second-order valence-electron chi connectivity index (χ2n) is 4.49. The third kappa shape index (κ3) is 5.36. The lowest BCUT2D eigenvalue weighted by Crippen LogP contribution is -2.33. The van der Waals surface area contributed by atoms with Crippen molar-refractivity contribution < 1.29 is 4.39 Å². The average molecular weight is 323 g/mol. The predicted molar refractivity (Wildman–Crippen MR) is 74.9 cm³/mol. The molecule has 0 aliphatic carbocycles. The Morgan fingerprint density at radius 1 is 1.35 bits per heavy atom. The number of alkyl halides is 1. The van der Waals surface area contributed by atoms with Crippen molar-refractivity contribution in [3.63, 3.8) is 0 Å². The molecule has 1 unspecified atom stereocenters. The van der Waals surface area contributed by atoms with Crippen LogP contribution >= 0.6 is 27.5 Å². The number of rotatable bonds is 6. The highest BCUT2D eigenvalue weighted by atomic mass is 79.9. The quantitative estimate of drug-likeness (QED) is 0.769. The molecule has 0 aliphatic heterocycles. The van der Waals surface area contributed by atoms with Gasteiger partial charge in [0.25, 0.3) is 0 Å². The van der Waals surface area contributed by atoms with Gasteiger partial charge in [0.1, 0.15) is 5.82 Å². The summed E-state index contributed by atoms with van der Waals surface area (Å²) in [6.07, 6.45) is 0.926. The fraction of sp³-hybridized carbons (Fsp3) is 0.538. The van der Waals surface area contributed by atoms with Gasteiger partial charge in [0, 0.05) is 22.9 Å². The fourth-order valence-electron chi connectivity index (χ4n) is 1.75. The minimum atomic E-state index is -0.213. The summed E-state index contributed by atoms with van der Waals surface area (Å²) in [5, 5.41) is 3.42. The first-order valence-electron chi connectivity index (χ1n) is 5.77. The van der Waals surface area contributed by atoms with Crippen LogP contribution in [0, 0.1) is 11.7 Å². The lowest BCUT2D eigenvalue weighted by molar-refractivity contribution is 0.388. The number of nitrogens with one attached hydrogen (secondary N) is 1. The van der Waals surface area contributed by atoms with Gasteiger partial charge in [-0.2, -0.15) is 0 Å². The average Bonchev–Trinajstić information content (AvgIpc) is 2.22. The molecular weight excluding hydrogens is 305 g/mol. The zero-order chi connectivity index (χ0) is 12.8. The van der Waals surface area contributed by atoms with Gasteiger partial charge in [0.05, 0.1) is 0 Å². The van der Waals surface area contributed by atoms with E-state index in [1.807, 2.05) is 6.07 Å². The minimum Gasteiger partial charge on any atom is -0.310 e. The maximum absolute atomic E-state index is 13.2. The molecule has 0 spiro atoms. The van der Waals surface area contributed by atoms with E-state index in [1.165, 1.54) is 6.07 Å². The zero-order valence-electron chi connectivity index (χ0n) is 10.1. The second-order valence-corrected chi connectivity index (χ2v) is 5.78. The van der Waals surface area contributed by atoms with E-state index in [0.29, 0.717) is 24.4 Å². The van der Waals surface area contributed by atoms with E-state index in [2.05, 4.69) is 35.1 Å². The lowest BCUT2D eigenvalue weighted by Gasteiger charge is -2.21. The Kier molecular flexibility index (Phi) is 6.45. The standard InChI is InChI=1S/C13H18BrClFN/c1-9(2)13(3-4-15)17-8-10-5-11(14)7-12(16)6-10/h5-7,9,13,17H,3-4,8H2,1-2H3. The Morgan fingerprint density at radius 2 is 2.06 bits per heavy atom. The molecule has 0 fully saturated rings. The van der Waals surface area contributed by atoms with Gasteiger partial charge in [0.2, 0.25) is 0 Å². The van der Waals surface area contributed by atoms with Gasteiger partial charge < -0.3 is 5.32 Å². The van der Waals surface area contributed by atoms with Crippen LogP contribution in [-0.4, -0.2) is 11.9 Å². The summed E-state index contributed by atoms with van der Waals surface area (Å²) in [4.78, 5) is 0. The summed E-state index contributed by atoms with van der Waals surface area (Å²) in [6.45, 7) is 4.98. The molecule has 0 bridgehead atoms. The predicted octanol–water partition coefficient (Wildman–Crippen LogP) is 4.33. The van der Waals surface area contributed by atoms with Crippen LogP contribution in [0.5, 0.6) is 0 Å². The van der Waals surface area contributed by atoms with Crippen LogP contribution in [0.25, 0.3) is 0 Å².